The van der Waals surface area contributed by atoms with E-state index in [-0.39, 0.29) is 6.04 Å². The maximum atomic E-state index is 6.03. The van der Waals surface area contributed by atoms with Crippen LogP contribution in [0.4, 0.5) is 0 Å². The highest BCUT2D eigenvalue weighted by Gasteiger charge is 2.13. The number of benzene rings is 2. The van der Waals surface area contributed by atoms with Gasteiger partial charge in [-0.25, -0.2) is 0 Å². The number of rotatable bonds is 9. The fraction of sp³-hybridized carbons (Fsp3) is 0.320. The van der Waals surface area contributed by atoms with E-state index in [1.807, 2.05) is 24.3 Å². The van der Waals surface area contributed by atoms with E-state index in [0.29, 0.717) is 6.54 Å². The highest BCUT2D eigenvalue weighted by Crippen LogP contribution is 2.23. The predicted molar refractivity (Wildman–Crippen MR) is 128 cm³/mol. The first-order valence-corrected chi connectivity index (χ1v) is 11.2. The molecule has 0 saturated heterocycles. The number of hydrogen-bond donors (Lipinski definition) is 2. The fourth-order valence-electron chi connectivity index (χ4n) is 3.62. The summed E-state index contributed by atoms with van der Waals surface area (Å²) in [5.74, 6) is 2.63. The summed E-state index contributed by atoms with van der Waals surface area (Å²) in [7, 11) is 0. The van der Waals surface area contributed by atoms with E-state index in [4.69, 9.17) is 9.41 Å². The molecule has 0 aliphatic rings. The minimum atomic E-state index is -0.0218. The summed E-state index contributed by atoms with van der Waals surface area (Å²) >= 11 is 0. The molecule has 0 aliphatic heterocycles. The molecule has 0 amide bonds. The largest absolute Gasteiger partial charge is 0.459 e. The minimum absolute atomic E-state index is 0.0218. The Morgan fingerprint density at radius 2 is 1.94 bits per heavy atom. The summed E-state index contributed by atoms with van der Waals surface area (Å²) in [4.78, 5) is 4.81. The van der Waals surface area contributed by atoms with E-state index >= 15 is 0 Å². The number of furan rings is 1. The fourth-order valence-corrected chi connectivity index (χ4v) is 3.62. The van der Waals surface area contributed by atoms with Gasteiger partial charge in [-0.15, -0.1) is 10.2 Å². The van der Waals surface area contributed by atoms with Crippen LogP contribution in [0.15, 0.2) is 76.4 Å². The highest BCUT2D eigenvalue weighted by atomic mass is 16.3. The smallest absolute Gasteiger partial charge is 0.191 e. The zero-order valence-electron chi connectivity index (χ0n) is 18.7. The lowest BCUT2D eigenvalue weighted by molar-refractivity contribution is 0.487. The molecule has 32 heavy (non-hydrogen) atoms. The molecule has 1 atom stereocenters. The van der Waals surface area contributed by atoms with Crippen LogP contribution in [-0.2, 0) is 19.4 Å². The van der Waals surface area contributed by atoms with Gasteiger partial charge in [-0.05, 0) is 31.0 Å². The first kappa shape index (κ1) is 21.6. The van der Waals surface area contributed by atoms with Gasteiger partial charge in [0.1, 0.15) is 23.5 Å². The quantitative estimate of drug-likeness (QED) is 0.308. The van der Waals surface area contributed by atoms with Crippen LogP contribution in [0.3, 0.4) is 0 Å². The van der Waals surface area contributed by atoms with Gasteiger partial charge in [0, 0.05) is 31.4 Å². The molecule has 0 aliphatic carbocycles. The third-order valence-corrected chi connectivity index (χ3v) is 5.39. The molecule has 4 aromatic rings. The average molecular weight is 431 g/mol. The molecule has 0 saturated carbocycles. The van der Waals surface area contributed by atoms with Crippen LogP contribution >= 0.6 is 0 Å². The standard InChI is InChI=1S/C25H30N6O/c1-3-24-30-28-18-31(24)16-15-27-25(26-14-13-20-9-5-4-6-10-20)29-19(2)23-17-21-11-7-8-12-22(21)32-23/h4-12,17-19H,3,13-16H2,1-2H3,(H2,26,27,29). The predicted octanol–water partition coefficient (Wildman–Crippen LogP) is 4.13. The van der Waals surface area contributed by atoms with Crippen molar-refractivity contribution < 1.29 is 4.42 Å². The van der Waals surface area contributed by atoms with Gasteiger partial charge in [0.2, 0.25) is 0 Å². The molecule has 166 valence electrons. The maximum Gasteiger partial charge on any atom is 0.191 e. The first-order chi connectivity index (χ1) is 15.7. The second-order valence-electron chi connectivity index (χ2n) is 7.74. The van der Waals surface area contributed by atoms with Crippen molar-refractivity contribution in [1.29, 1.82) is 0 Å². The minimum Gasteiger partial charge on any atom is -0.459 e. The lowest BCUT2D eigenvalue weighted by atomic mass is 10.2. The molecular weight excluding hydrogens is 400 g/mol. The van der Waals surface area contributed by atoms with E-state index < -0.39 is 0 Å². The molecule has 2 aromatic heterocycles. The number of nitrogens with zero attached hydrogens (tertiary/aromatic N) is 4. The van der Waals surface area contributed by atoms with Crippen molar-refractivity contribution in [2.45, 2.75) is 39.3 Å². The molecule has 4 rings (SSSR count). The number of hydrogen-bond acceptors (Lipinski definition) is 4. The molecule has 0 bridgehead atoms. The van der Waals surface area contributed by atoms with Crippen molar-refractivity contribution >= 4 is 16.9 Å². The van der Waals surface area contributed by atoms with Crippen molar-refractivity contribution in [1.82, 2.24) is 25.4 Å². The van der Waals surface area contributed by atoms with Crippen molar-refractivity contribution in [3.63, 3.8) is 0 Å². The second kappa shape index (κ2) is 10.6. The topological polar surface area (TPSA) is 80.3 Å². The second-order valence-corrected chi connectivity index (χ2v) is 7.74. The van der Waals surface area contributed by atoms with Gasteiger partial charge in [-0.1, -0.05) is 55.5 Å². The molecule has 2 aromatic carbocycles. The van der Waals surface area contributed by atoms with Crippen LogP contribution < -0.4 is 10.6 Å². The zero-order chi connectivity index (χ0) is 22.2. The van der Waals surface area contributed by atoms with Crippen LogP contribution in [0, 0.1) is 0 Å². The summed E-state index contributed by atoms with van der Waals surface area (Å²) in [5.41, 5.74) is 2.17. The number of aliphatic imine (C=N–C) groups is 1. The Morgan fingerprint density at radius 1 is 1.12 bits per heavy atom. The van der Waals surface area contributed by atoms with Crippen LogP contribution in [0.5, 0.6) is 0 Å². The van der Waals surface area contributed by atoms with E-state index in [1.165, 1.54) is 5.56 Å². The molecular formula is C25H30N6O. The Balaban J connectivity index is 1.42. The summed E-state index contributed by atoms with van der Waals surface area (Å²) in [6.07, 6.45) is 3.52. The van der Waals surface area contributed by atoms with E-state index in [1.54, 1.807) is 6.33 Å². The van der Waals surface area contributed by atoms with Gasteiger partial charge >= 0.3 is 0 Å². The van der Waals surface area contributed by atoms with Gasteiger partial charge in [0.25, 0.3) is 0 Å². The van der Waals surface area contributed by atoms with E-state index in [9.17, 15) is 0 Å². The van der Waals surface area contributed by atoms with Crippen molar-refractivity contribution in [3.05, 3.63) is 84.1 Å². The van der Waals surface area contributed by atoms with Crippen molar-refractivity contribution in [2.75, 3.05) is 13.1 Å². The Hall–Kier alpha value is -3.61. The van der Waals surface area contributed by atoms with E-state index in [0.717, 1.165) is 54.4 Å². The molecule has 0 fully saturated rings. The number of guanidine groups is 1. The first-order valence-electron chi connectivity index (χ1n) is 11.2. The maximum absolute atomic E-state index is 6.03. The summed E-state index contributed by atoms with van der Waals surface area (Å²) in [6.45, 7) is 6.35. The third kappa shape index (κ3) is 5.55. The van der Waals surface area contributed by atoms with Crippen LogP contribution in [0.1, 0.15) is 37.0 Å². The molecule has 2 N–H and O–H groups in total. The lowest BCUT2D eigenvalue weighted by Gasteiger charge is -2.17. The number of aromatic nitrogens is 3. The Bertz CT molecular complexity index is 1110. The number of aryl methyl sites for hydroxylation is 1. The SMILES string of the molecule is CCc1nncn1CCNC(=NCCc1ccccc1)NC(C)c1cc2ccccc2o1. The normalized spacial score (nSPS) is 12.8. The highest BCUT2D eigenvalue weighted by molar-refractivity contribution is 5.81. The van der Waals surface area contributed by atoms with Crippen molar-refractivity contribution in [3.8, 4) is 0 Å². The number of nitrogens with one attached hydrogen (secondary N) is 2. The monoisotopic (exact) mass is 430 g/mol. The van der Waals surface area contributed by atoms with E-state index in [2.05, 4.69) is 75.6 Å². The van der Waals surface area contributed by atoms with Crippen LogP contribution in [0.25, 0.3) is 11.0 Å². The molecule has 0 radical (unpaired) electrons. The zero-order valence-corrected chi connectivity index (χ0v) is 18.7. The van der Waals surface area contributed by atoms with Gasteiger partial charge in [0.15, 0.2) is 5.96 Å². The number of fused-ring (bicyclic) bond motifs is 1. The molecule has 0 spiro atoms. The average Bonchev–Trinajstić information content (AvgIpc) is 3.46. The number of para-hydroxylation sites is 1. The summed E-state index contributed by atoms with van der Waals surface area (Å²) in [5, 5.41) is 16.2. The van der Waals surface area contributed by atoms with Gasteiger partial charge in [-0.2, -0.15) is 0 Å². The molecule has 7 heteroatoms. The van der Waals surface area contributed by atoms with Crippen molar-refractivity contribution in [2.24, 2.45) is 4.99 Å². The lowest BCUT2D eigenvalue weighted by Crippen LogP contribution is -2.40. The van der Waals surface area contributed by atoms with Gasteiger partial charge in [-0.3, -0.25) is 4.99 Å². The molecule has 2 heterocycles. The third-order valence-electron chi connectivity index (χ3n) is 5.39. The van der Waals surface area contributed by atoms with Crippen LogP contribution in [-0.4, -0.2) is 33.8 Å². The Labute approximate surface area is 188 Å². The molecule has 1 unspecified atom stereocenters. The Kier molecular flexibility index (Phi) is 7.17. The van der Waals surface area contributed by atoms with Gasteiger partial charge < -0.3 is 19.6 Å². The Morgan fingerprint density at radius 3 is 2.75 bits per heavy atom. The van der Waals surface area contributed by atoms with Gasteiger partial charge in [0.05, 0.1) is 6.04 Å². The van der Waals surface area contributed by atoms with Crippen LogP contribution in [0.2, 0.25) is 0 Å². The molecule has 7 nitrogen and oxygen atoms in total. The summed E-state index contributed by atoms with van der Waals surface area (Å²) < 4.78 is 8.10. The summed E-state index contributed by atoms with van der Waals surface area (Å²) in [6, 6.07) is 20.5.